The highest BCUT2D eigenvalue weighted by molar-refractivity contribution is 5.85. The summed E-state index contributed by atoms with van der Waals surface area (Å²) in [6.07, 6.45) is -2.57. The van der Waals surface area contributed by atoms with Crippen LogP contribution in [0.25, 0.3) is 6.08 Å². The zero-order valence-corrected chi connectivity index (χ0v) is 9.09. The molecule has 0 unspecified atom stereocenters. The lowest BCUT2D eigenvalue weighted by atomic mass is 10.2. The summed E-state index contributed by atoms with van der Waals surface area (Å²) >= 11 is 0. The molecule has 0 aromatic heterocycles. The van der Waals surface area contributed by atoms with Gasteiger partial charge in [-0.1, -0.05) is 12.1 Å². The zero-order chi connectivity index (χ0) is 12.2. The lowest BCUT2D eigenvalue weighted by Crippen LogP contribution is -2.16. The van der Waals surface area contributed by atoms with Gasteiger partial charge in [0.05, 0.1) is 0 Å². The molecule has 0 heterocycles. The second kappa shape index (κ2) is 6.15. The molecule has 1 rings (SSSR count). The molecule has 1 N–H and O–H groups in total. The Morgan fingerprint density at radius 1 is 1.24 bits per heavy atom. The normalized spacial score (nSPS) is 11.0. The molecule has 94 valence electrons. The second-order valence-electron chi connectivity index (χ2n) is 2.79. The highest BCUT2D eigenvalue weighted by Crippen LogP contribution is 2.22. The maximum atomic E-state index is 11.8. The number of ether oxygens (including phenoxy) is 1. The summed E-state index contributed by atoms with van der Waals surface area (Å²) in [4.78, 5) is 10.2. The first-order chi connectivity index (χ1) is 7.37. The quantitative estimate of drug-likeness (QED) is 0.857. The molecule has 1 aromatic rings. The predicted octanol–water partition coefficient (Wildman–Crippen LogP) is 3.10. The van der Waals surface area contributed by atoms with Gasteiger partial charge in [-0.25, -0.2) is 4.79 Å². The summed E-state index contributed by atoms with van der Waals surface area (Å²) in [6.45, 7) is 0. The second-order valence-corrected chi connectivity index (χ2v) is 2.79. The Morgan fingerprint density at radius 3 is 2.18 bits per heavy atom. The molecule has 0 aliphatic heterocycles. The van der Waals surface area contributed by atoms with Crippen molar-refractivity contribution < 1.29 is 27.8 Å². The minimum atomic E-state index is -4.72. The van der Waals surface area contributed by atoms with Gasteiger partial charge < -0.3 is 9.84 Å². The first kappa shape index (κ1) is 15.3. The third-order valence-corrected chi connectivity index (χ3v) is 1.53. The summed E-state index contributed by atoms with van der Waals surface area (Å²) in [6, 6.07) is 4.85. The van der Waals surface area contributed by atoms with Gasteiger partial charge in [0.15, 0.2) is 0 Å². The Bertz CT molecular complexity index is 398. The van der Waals surface area contributed by atoms with Crippen molar-refractivity contribution in [2.75, 3.05) is 0 Å². The van der Waals surface area contributed by atoms with Crippen LogP contribution in [0.3, 0.4) is 0 Å². The molecule has 0 radical (unpaired) electrons. The van der Waals surface area contributed by atoms with Crippen molar-refractivity contribution in [3.8, 4) is 5.75 Å². The van der Waals surface area contributed by atoms with Crippen LogP contribution in [0.15, 0.2) is 30.3 Å². The van der Waals surface area contributed by atoms with Crippen molar-refractivity contribution in [3.05, 3.63) is 35.9 Å². The van der Waals surface area contributed by atoms with Crippen LogP contribution in [0.4, 0.5) is 13.2 Å². The highest BCUT2D eigenvalue weighted by atomic mass is 35.5. The van der Waals surface area contributed by atoms with Crippen LogP contribution in [0.1, 0.15) is 5.56 Å². The van der Waals surface area contributed by atoms with E-state index in [4.69, 9.17) is 5.11 Å². The van der Waals surface area contributed by atoms with Crippen LogP contribution in [0, 0.1) is 0 Å². The fraction of sp³-hybridized carbons (Fsp3) is 0.100. The molecular weight excluding hydrogens is 261 g/mol. The van der Waals surface area contributed by atoms with Gasteiger partial charge in [0, 0.05) is 6.08 Å². The van der Waals surface area contributed by atoms with E-state index in [1.165, 1.54) is 18.2 Å². The number of carboxylic acid groups (broad SMARTS) is 1. The van der Waals surface area contributed by atoms with E-state index in [-0.39, 0.29) is 18.2 Å². The lowest BCUT2D eigenvalue weighted by molar-refractivity contribution is -0.274. The standard InChI is InChI=1S/C10H7F3O3.ClH/c11-10(12,13)16-8-4-1-7(2-5-8)3-6-9(14)15;/h1-6H,(H,14,15);1H. The average Bonchev–Trinajstić information content (AvgIpc) is 2.14. The molecule has 0 atom stereocenters. The van der Waals surface area contributed by atoms with E-state index in [9.17, 15) is 18.0 Å². The number of aliphatic carboxylic acids is 1. The highest BCUT2D eigenvalue weighted by Gasteiger charge is 2.30. The van der Waals surface area contributed by atoms with Crippen molar-refractivity contribution in [2.45, 2.75) is 6.36 Å². The minimum Gasteiger partial charge on any atom is -0.478 e. The number of alkyl halides is 3. The SMILES string of the molecule is Cl.O=C(O)C=Cc1ccc(OC(F)(F)F)cc1. The van der Waals surface area contributed by atoms with Gasteiger partial charge in [-0.2, -0.15) is 0 Å². The first-order valence-corrected chi connectivity index (χ1v) is 4.13. The number of carbonyl (C=O) groups is 1. The topological polar surface area (TPSA) is 46.5 Å². The molecule has 0 bridgehead atoms. The van der Waals surface area contributed by atoms with Crippen LogP contribution in [-0.4, -0.2) is 17.4 Å². The Balaban J connectivity index is 0.00000256. The first-order valence-electron chi connectivity index (χ1n) is 4.13. The fourth-order valence-corrected chi connectivity index (χ4v) is 0.948. The van der Waals surface area contributed by atoms with E-state index >= 15 is 0 Å². The molecule has 0 saturated carbocycles. The van der Waals surface area contributed by atoms with Gasteiger partial charge >= 0.3 is 12.3 Å². The Kier molecular flexibility index (Phi) is 5.53. The van der Waals surface area contributed by atoms with Gasteiger partial charge in [0.1, 0.15) is 5.75 Å². The summed E-state index contributed by atoms with van der Waals surface area (Å²) in [7, 11) is 0. The van der Waals surface area contributed by atoms with Crippen molar-refractivity contribution in [1.82, 2.24) is 0 Å². The van der Waals surface area contributed by atoms with Crippen LogP contribution in [0.2, 0.25) is 0 Å². The van der Waals surface area contributed by atoms with Gasteiger partial charge in [0.25, 0.3) is 0 Å². The van der Waals surface area contributed by atoms with E-state index in [0.717, 1.165) is 18.2 Å². The van der Waals surface area contributed by atoms with E-state index in [1.54, 1.807) is 0 Å². The number of hydrogen-bond acceptors (Lipinski definition) is 2. The largest absolute Gasteiger partial charge is 0.573 e. The smallest absolute Gasteiger partial charge is 0.478 e. The molecule has 0 amide bonds. The van der Waals surface area contributed by atoms with Crippen molar-refractivity contribution in [3.63, 3.8) is 0 Å². The molecule has 0 fully saturated rings. The number of benzene rings is 1. The lowest BCUT2D eigenvalue weighted by Gasteiger charge is -2.08. The third kappa shape index (κ3) is 6.47. The molecule has 17 heavy (non-hydrogen) atoms. The van der Waals surface area contributed by atoms with Crippen LogP contribution >= 0.6 is 12.4 Å². The molecule has 3 nitrogen and oxygen atoms in total. The van der Waals surface area contributed by atoms with E-state index in [0.29, 0.717) is 5.56 Å². The third-order valence-electron chi connectivity index (χ3n) is 1.53. The monoisotopic (exact) mass is 268 g/mol. The molecule has 0 aliphatic carbocycles. The fourth-order valence-electron chi connectivity index (χ4n) is 0.948. The maximum Gasteiger partial charge on any atom is 0.573 e. The van der Waals surface area contributed by atoms with Crippen LogP contribution in [-0.2, 0) is 4.79 Å². The molecule has 0 saturated heterocycles. The molecule has 7 heteroatoms. The Hall–Kier alpha value is -1.69. The van der Waals surface area contributed by atoms with Crippen LogP contribution in [0.5, 0.6) is 5.75 Å². The summed E-state index contributed by atoms with van der Waals surface area (Å²) in [5.41, 5.74) is 0.469. The Labute approximate surface area is 101 Å². The summed E-state index contributed by atoms with van der Waals surface area (Å²) in [5.74, 6) is -1.48. The average molecular weight is 269 g/mol. The van der Waals surface area contributed by atoms with Crippen molar-refractivity contribution in [1.29, 1.82) is 0 Å². The molecular formula is C10H8ClF3O3. The van der Waals surface area contributed by atoms with Gasteiger partial charge in [0.2, 0.25) is 0 Å². The number of rotatable bonds is 3. The predicted molar refractivity (Wildman–Crippen MR) is 57.0 cm³/mol. The minimum absolute atomic E-state index is 0. The van der Waals surface area contributed by atoms with Gasteiger partial charge in [-0.15, -0.1) is 25.6 Å². The number of halogens is 4. The van der Waals surface area contributed by atoms with Gasteiger partial charge in [-0.05, 0) is 23.8 Å². The molecule has 0 aliphatic rings. The summed E-state index contributed by atoms with van der Waals surface area (Å²) in [5, 5.41) is 8.32. The molecule has 0 spiro atoms. The van der Waals surface area contributed by atoms with E-state index in [1.807, 2.05) is 0 Å². The van der Waals surface area contributed by atoms with Crippen molar-refractivity contribution in [2.24, 2.45) is 0 Å². The zero-order valence-electron chi connectivity index (χ0n) is 8.27. The summed E-state index contributed by atoms with van der Waals surface area (Å²) < 4.78 is 39.0. The maximum absolute atomic E-state index is 11.8. The van der Waals surface area contributed by atoms with Gasteiger partial charge in [-0.3, -0.25) is 0 Å². The Morgan fingerprint density at radius 2 is 1.76 bits per heavy atom. The van der Waals surface area contributed by atoms with Crippen molar-refractivity contribution >= 4 is 24.5 Å². The van der Waals surface area contributed by atoms with E-state index in [2.05, 4.69) is 4.74 Å². The number of hydrogen-bond donors (Lipinski definition) is 1. The van der Waals surface area contributed by atoms with E-state index < -0.39 is 12.3 Å². The number of carboxylic acids is 1. The molecule has 1 aromatic carbocycles. The van der Waals surface area contributed by atoms with Crippen LogP contribution < -0.4 is 4.74 Å².